The number of imidazole rings is 1. The van der Waals surface area contributed by atoms with Gasteiger partial charge in [0, 0.05) is 4.90 Å². The Kier molecular flexibility index (Phi) is 8.68. The molecule has 3 aliphatic heterocycles. The van der Waals surface area contributed by atoms with Crippen molar-refractivity contribution < 1.29 is 56.5 Å². The van der Waals surface area contributed by atoms with Crippen LogP contribution >= 0.6 is 26.0 Å². The first kappa shape index (κ1) is 34.2. The van der Waals surface area contributed by atoms with Crippen LogP contribution in [0, 0.1) is 0 Å². The fourth-order valence-electron chi connectivity index (χ4n) is 6.41. The maximum absolute atomic E-state index is 13.8. The normalized spacial score (nSPS) is 31.9. The van der Waals surface area contributed by atoms with Crippen molar-refractivity contribution in [1.29, 1.82) is 0 Å². The van der Waals surface area contributed by atoms with Gasteiger partial charge >= 0.3 is 6.80 Å². The molecule has 8 atom stereocenters. The molecule has 4 aliphatic rings. The molecule has 1 aromatic carbocycles. The fourth-order valence-corrected chi connectivity index (χ4v) is 9.15. The van der Waals surface area contributed by atoms with Gasteiger partial charge in [0.25, 0.3) is 5.56 Å². The van der Waals surface area contributed by atoms with Crippen LogP contribution in [0.15, 0.2) is 64.3 Å². The van der Waals surface area contributed by atoms with Crippen LogP contribution in [0.4, 0.5) is 0 Å². The summed E-state index contributed by atoms with van der Waals surface area (Å²) in [5.74, 6) is -2.07. The number of nitrogens with zero attached hydrogens (tertiary/aromatic N) is 4. The van der Waals surface area contributed by atoms with Gasteiger partial charge in [-0.1, -0.05) is 24.3 Å². The highest BCUT2D eigenvalue weighted by Gasteiger charge is 2.57. The van der Waals surface area contributed by atoms with Gasteiger partial charge < -0.3 is 47.5 Å². The van der Waals surface area contributed by atoms with Crippen molar-refractivity contribution in [1.82, 2.24) is 19.1 Å². The highest BCUT2D eigenvalue weighted by molar-refractivity contribution is 8.54. The largest absolute Gasteiger partial charge is 0.790 e. The smallest absolute Gasteiger partial charge is 0.391 e. The molecule has 5 heterocycles. The number of ether oxygens (including phenoxy) is 5. The second-order valence-corrected chi connectivity index (χ2v) is 17.5. The predicted octanol–water partition coefficient (Wildman–Crippen LogP) is 1.77. The van der Waals surface area contributed by atoms with Crippen LogP contribution in [0.5, 0.6) is 0 Å². The maximum Gasteiger partial charge on any atom is 0.391 e. The molecule has 2 aromatic heterocycles. The third-order valence-electron chi connectivity index (χ3n) is 8.20. The Labute approximate surface area is 277 Å². The number of benzene rings is 1. The van der Waals surface area contributed by atoms with E-state index in [0.29, 0.717) is 21.9 Å². The molecule has 7 rings (SSSR count). The van der Waals surface area contributed by atoms with E-state index < -0.39 is 81.2 Å². The first-order chi connectivity index (χ1) is 22.5. The van der Waals surface area contributed by atoms with E-state index in [9.17, 15) is 28.6 Å². The third-order valence-corrected chi connectivity index (χ3v) is 11.5. The zero-order valence-electron chi connectivity index (χ0n) is 26.0. The molecule has 0 amide bonds. The van der Waals surface area contributed by atoms with E-state index in [1.54, 1.807) is 64.1 Å². The van der Waals surface area contributed by atoms with Crippen molar-refractivity contribution in [3.63, 3.8) is 0 Å². The van der Waals surface area contributed by atoms with Crippen LogP contribution in [0.2, 0.25) is 0 Å². The number of aromatic nitrogens is 4. The molecular weight excluding hydrogens is 694 g/mol. The fraction of sp³-hybridized carbons (Fsp3) is 0.536. The van der Waals surface area contributed by atoms with Gasteiger partial charge in [-0.15, -0.1) is 0 Å². The van der Waals surface area contributed by atoms with E-state index in [-0.39, 0.29) is 17.8 Å². The SMILES string of the molecule is CC1(C)O[C@@H]2[C@H](O1)[C@@H](COP(=O)(O)Sc1ccccc1)O[C@H]2n1cnc2c(=O)n([C@@H]3C=C(COP(=O)([O-])[O-])[C@H]4OC(C)(C)O[C@H]43)cnc21. The Morgan fingerprint density at radius 1 is 0.938 bits per heavy atom. The first-order valence-electron chi connectivity index (χ1n) is 14.9. The van der Waals surface area contributed by atoms with Crippen LogP contribution in [0.25, 0.3) is 11.2 Å². The molecule has 0 radical (unpaired) electrons. The number of phosphoric ester groups is 1. The summed E-state index contributed by atoms with van der Waals surface area (Å²) in [4.78, 5) is 56.1. The lowest BCUT2D eigenvalue weighted by atomic mass is 10.1. The molecule has 260 valence electrons. The summed E-state index contributed by atoms with van der Waals surface area (Å²) < 4.78 is 67.3. The quantitative estimate of drug-likeness (QED) is 0.233. The van der Waals surface area contributed by atoms with E-state index in [0.717, 1.165) is 0 Å². The van der Waals surface area contributed by atoms with E-state index in [2.05, 4.69) is 14.5 Å². The minimum atomic E-state index is -5.27. The lowest BCUT2D eigenvalue weighted by molar-refractivity contribution is -0.341. The van der Waals surface area contributed by atoms with Crippen molar-refractivity contribution in [2.24, 2.45) is 0 Å². The highest BCUT2D eigenvalue weighted by Crippen LogP contribution is 2.59. The molecule has 3 aromatic rings. The second-order valence-electron chi connectivity index (χ2n) is 12.6. The van der Waals surface area contributed by atoms with E-state index >= 15 is 0 Å². The summed E-state index contributed by atoms with van der Waals surface area (Å²) in [6, 6.07) is 7.90. The van der Waals surface area contributed by atoms with Crippen LogP contribution in [-0.2, 0) is 41.9 Å². The number of phosphoric acid groups is 1. The number of fused-ring (bicyclic) bond motifs is 3. The lowest BCUT2D eigenvalue weighted by Crippen LogP contribution is -2.34. The molecule has 1 aliphatic carbocycles. The van der Waals surface area contributed by atoms with Gasteiger partial charge in [0.15, 0.2) is 29.0 Å². The van der Waals surface area contributed by atoms with Gasteiger partial charge in [0.1, 0.15) is 36.8 Å². The average molecular weight is 727 g/mol. The molecule has 0 spiro atoms. The van der Waals surface area contributed by atoms with Gasteiger partial charge in [-0.05, 0) is 56.8 Å². The van der Waals surface area contributed by atoms with Gasteiger partial charge in [0.2, 0.25) is 0 Å². The van der Waals surface area contributed by atoms with Crippen molar-refractivity contribution in [3.8, 4) is 0 Å². The van der Waals surface area contributed by atoms with Crippen LogP contribution in [0.3, 0.4) is 0 Å². The van der Waals surface area contributed by atoms with Crippen LogP contribution < -0.4 is 15.3 Å². The van der Waals surface area contributed by atoms with Crippen molar-refractivity contribution in [2.45, 2.75) is 87.0 Å². The maximum atomic E-state index is 13.8. The summed E-state index contributed by atoms with van der Waals surface area (Å²) in [5.41, 5.74) is -0.0441. The van der Waals surface area contributed by atoms with Gasteiger partial charge in [-0.25, -0.2) is 14.5 Å². The lowest BCUT2D eigenvalue weighted by Gasteiger charge is -2.29. The van der Waals surface area contributed by atoms with Crippen molar-refractivity contribution in [2.75, 3.05) is 13.2 Å². The molecule has 3 fully saturated rings. The molecule has 1 unspecified atom stereocenters. The Morgan fingerprint density at radius 3 is 2.33 bits per heavy atom. The topological polar surface area (TPSA) is 218 Å². The zero-order chi connectivity index (χ0) is 34.2. The number of hydrogen-bond donors (Lipinski definition) is 1. The Balaban J connectivity index is 1.15. The molecule has 0 saturated carbocycles. The minimum absolute atomic E-state index is 0.00825. The third kappa shape index (κ3) is 6.75. The van der Waals surface area contributed by atoms with E-state index in [4.69, 9.17) is 28.2 Å². The standard InChI is InChI=1S/C28H34N4O13P2S/c1-27(2)42-20-15(11-39-46(34,35)36)10-17(21(20)43-27)31-14-30-24-19(25(31)33)29-13-32(24)26-23-22(44-28(3,4)45-23)18(41-26)12-40-47(37,38)48-16-8-6-5-7-9-16/h5-10,13-14,17-18,20-23,26H,11-12H2,1-4H3,(H,37,38)(H2,34,35,36)/p-2/t17-,18-,20-,21+,22-,23-,26-/m1/s1. The Morgan fingerprint density at radius 2 is 1.60 bits per heavy atom. The molecule has 20 heteroatoms. The van der Waals surface area contributed by atoms with Gasteiger partial charge in [0.05, 0.1) is 33.4 Å². The minimum Gasteiger partial charge on any atom is -0.790 e. The molecule has 1 N–H and O–H groups in total. The summed E-state index contributed by atoms with van der Waals surface area (Å²) in [7, 11) is -5.27. The second kappa shape index (κ2) is 12.2. The van der Waals surface area contributed by atoms with E-state index in [1.165, 1.54) is 21.8 Å². The summed E-state index contributed by atoms with van der Waals surface area (Å²) in [6.07, 6.45) is -0.380. The Bertz CT molecular complexity index is 1900. The van der Waals surface area contributed by atoms with Crippen molar-refractivity contribution in [3.05, 3.63) is 65.0 Å². The Hall–Kier alpha value is -2.28. The average Bonchev–Trinajstić information content (AvgIpc) is 3.77. The number of rotatable bonds is 10. The molecule has 17 nitrogen and oxygen atoms in total. The highest BCUT2D eigenvalue weighted by atomic mass is 32.7. The first-order valence-corrected chi connectivity index (χ1v) is 19.3. The van der Waals surface area contributed by atoms with Gasteiger partial charge in [-0.3, -0.25) is 18.5 Å². The molecular formula is C28H32N4O13P2S-2. The molecule has 48 heavy (non-hydrogen) atoms. The van der Waals surface area contributed by atoms with E-state index in [1.807, 2.05) is 0 Å². The zero-order valence-corrected chi connectivity index (χ0v) is 28.6. The van der Waals surface area contributed by atoms with Crippen LogP contribution in [-0.4, -0.2) is 79.3 Å². The van der Waals surface area contributed by atoms with Crippen LogP contribution in [0.1, 0.15) is 40.0 Å². The number of hydrogen-bond acceptors (Lipinski definition) is 15. The summed E-state index contributed by atoms with van der Waals surface area (Å²) in [5, 5.41) is 0. The molecule has 0 bridgehead atoms. The monoisotopic (exact) mass is 726 g/mol. The summed E-state index contributed by atoms with van der Waals surface area (Å²) >= 11 is 0.708. The predicted molar refractivity (Wildman–Crippen MR) is 162 cm³/mol. The van der Waals surface area contributed by atoms with Gasteiger partial charge in [-0.2, -0.15) is 0 Å². The molecule has 3 saturated heterocycles. The van der Waals surface area contributed by atoms with Crippen molar-refractivity contribution >= 4 is 37.2 Å². The summed E-state index contributed by atoms with van der Waals surface area (Å²) in [6.45, 7) is 1.84.